The summed E-state index contributed by atoms with van der Waals surface area (Å²) in [7, 11) is 2.82. The van der Waals surface area contributed by atoms with E-state index in [1.807, 2.05) is 0 Å². The molecule has 1 saturated heterocycles. The van der Waals surface area contributed by atoms with E-state index in [0.29, 0.717) is 18.6 Å². The highest BCUT2D eigenvalue weighted by atomic mass is 19.4. The number of amides is 1. The standard InChI is InChI=1S/C15H18F3NO3/c1-21-10-6-7-11(12(9-10)22-2)14(20)19-8-4-3-5-13(19)15(16,17)18/h6-7,9,13H,3-5,8H2,1-2H3. The minimum Gasteiger partial charge on any atom is -0.497 e. The average molecular weight is 317 g/mol. The van der Waals surface area contributed by atoms with Crippen LogP contribution in [0.3, 0.4) is 0 Å². The smallest absolute Gasteiger partial charge is 0.408 e. The number of carbonyl (C=O) groups excluding carboxylic acids is 1. The lowest BCUT2D eigenvalue weighted by Gasteiger charge is -2.37. The first-order valence-corrected chi connectivity index (χ1v) is 6.98. The van der Waals surface area contributed by atoms with Crippen molar-refractivity contribution in [1.82, 2.24) is 4.90 Å². The number of alkyl halides is 3. The van der Waals surface area contributed by atoms with Gasteiger partial charge in [0, 0.05) is 12.6 Å². The van der Waals surface area contributed by atoms with Crippen LogP contribution in [0.4, 0.5) is 13.2 Å². The van der Waals surface area contributed by atoms with Gasteiger partial charge in [-0.3, -0.25) is 4.79 Å². The molecule has 22 heavy (non-hydrogen) atoms. The fraction of sp³-hybridized carbons (Fsp3) is 0.533. The van der Waals surface area contributed by atoms with E-state index in [1.165, 1.54) is 32.4 Å². The third-order valence-electron chi connectivity index (χ3n) is 3.78. The van der Waals surface area contributed by atoms with E-state index >= 15 is 0 Å². The molecule has 0 spiro atoms. The number of rotatable bonds is 3. The molecule has 1 heterocycles. The Kier molecular flexibility index (Phi) is 4.83. The fourth-order valence-corrected chi connectivity index (χ4v) is 2.64. The monoisotopic (exact) mass is 317 g/mol. The van der Waals surface area contributed by atoms with Gasteiger partial charge in [-0.2, -0.15) is 13.2 Å². The number of hydrogen-bond donors (Lipinski definition) is 0. The Bertz CT molecular complexity index is 545. The summed E-state index contributed by atoms with van der Waals surface area (Å²) in [6, 6.07) is 2.71. The van der Waals surface area contributed by atoms with E-state index < -0.39 is 18.1 Å². The summed E-state index contributed by atoms with van der Waals surface area (Å²) in [6.07, 6.45) is -3.45. The molecule has 0 N–H and O–H groups in total. The van der Waals surface area contributed by atoms with Crippen molar-refractivity contribution in [3.63, 3.8) is 0 Å². The van der Waals surface area contributed by atoms with E-state index in [9.17, 15) is 18.0 Å². The summed E-state index contributed by atoms with van der Waals surface area (Å²) in [6.45, 7) is 0.0954. The van der Waals surface area contributed by atoms with E-state index in [4.69, 9.17) is 9.47 Å². The number of likely N-dealkylation sites (tertiary alicyclic amines) is 1. The summed E-state index contributed by atoms with van der Waals surface area (Å²) >= 11 is 0. The fourth-order valence-electron chi connectivity index (χ4n) is 2.64. The molecule has 1 aliphatic rings. The van der Waals surface area contributed by atoms with Gasteiger partial charge >= 0.3 is 6.18 Å². The molecule has 1 fully saturated rings. The minimum atomic E-state index is -4.42. The number of nitrogens with zero attached hydrogens (tertiary/aromatic N) is 1. The van der Waals surface area contributed by atoms with E-state index in [-0.39, 0.29) is 24.3 Å². The highest BCUT2D eigenvalue weighted by molar-refractivity contribution is 5.97. The first-order valence-electron chi connectivity index (χ1n) is 6.98. The van der Waals surface area contributed by atoms with Gasteiger partial charge in [0.1, 0.15) is 17.5 Å². The van der Waals surface area contributed by atoms with Gasteiger partial charge in [0.05, 0.1) is 19.8 Å². The first kappa shape index (κ1) is 16.5. The molecule has 1 aromatic rings. The molecular weight excluding hydrogens is 299 g/mol. The lowest BCUT2D eigenvalue weighted by atomic mass is 10.00. The Morgan fingerprint density at radius 2 is 1.95 bits per heavy atom. The zero-order chi connectivity index (χ0) is 16.3. The number of methoxy groups -OCH3 is 2. The van der Waals surface area contributed by atoms with Crippen molar-refractivity contribution in [3.05, 3.63) is 23.8 Å². The lowest BCUT2D eigenvalue weighted by Crippen LogP contribution is -2.51. The molecule has 1 aliphatic heterocycles. The summed E-state index contributed by atoms with van der Waals surface area (Å²) in [5, 5.41) is 0. The van der Waals surface area contributed by atoms with Crippen molar-refractivity contribution in [2.45, 2.75) is 31.5 Å². The lowest BCUT2D eigenvalue weighted by molar-refractivity contribution is -0.183. The molecule has 1 atom stereocenters. The molecule has 122 valence electrons. The first-order chi connectivity index (χ1) is 10.4. The van der Waals surface area contributed by atoms with E-state index in [2.05, 4.69) is 0 Å². The zero-order valence-corrected chi connectivity index (χ0v) is 12.4. The van der Waals surface area contributed by atoms with Crippen LogP contribution >= 0.6 is 0 Å². The third kappa shape index (κ3) is 3.28. The predicted molar refractivity (Wildman–Crippen MR) is 74.3 cm³/mol. The van der Waals surface area contributed by atoms with Crippen LogP contribution in [0.15, 0.2) is 18.2 Å². The summed E-state index contributed by atoms with van der Waals surface area (Å²) in [5.41, 5.74) is 0.111. The van der Waals surface area contributed by atoms with Crippen molar-refractivity contribution in [2.75, 3.05) is 20.8 Å². The summed E-state index contributed by atoms with van der Waals surface area (Å²) < 4.78 is 49.5. The SMILES string of the molecule is COc1ccc(C(=O)N2CCCCC2C(F)(F)F)c(OC)c1. The number of halogens is 3. The van der Waals surface area contributed by atoms with Crippen LogP contribution in [0.5, 0.6) is 11.5 Å². The molecular formula is C15H18F3NO3. The molecule has 1 amide bonds. The second kappa shape index (κ2) is 6.46. The summed E-state index contributed by atoms with van der Waals surface area (Å²) in [5.74, 6) is 0.0109. The van der Waals surface area contributed by atoms with Crippen LogP contribution in [-0.2, 0) is 0 Å². The van der Waals surface area contributed by atoms with Crippen LogP contribution in [0.1, 0.15) is 29.6 Å². The Morgan fingerprint density at radius 3 is 2.55 bits per heavy atom. The second-order valence-corrected chi connectivity index (χ2v) is 5.12. The molecule has 1 unspecified atom stereocenters. The maximum atomic E-state index is 13.1. The molecule has 0 aliphatic carbocycles. The largest absolute Gasteiger partial charge is 0.497 e. The van der Waals surface area contributed by atoms with Crippen molar-refractivity contribution >= 4 is 5.91 Å². The number of ether oxygens (including phenoxy) is 2. The van der Waals surface area contributed by atoms with Gasteiger partial charge in [0.25, 0.3) is 5.91 Å². The van der Waals surface area contributed by atoms with Crippen molar-refractivity contribution in [1.29, 1.82) is 0 Å². The van der Waals surface area contributed by atoms with Gasteiger partial charge in [-0.05, 0) is 31.4 Å². The van der Waals surface area contributed by atoms with Gasteiger partial charge < -0.3 is 14.4 Å². The van der Waals surface area contributed by atoms with Gasteiger partial charge in [0.2, 0.25) is 0 Å². The third-order valence-corrected chi connectivity index (χ3v) is 3.78. The minimum absolute atomic E-state index is 0.0618. The van der Waals surface area contributed by atoms with Gasteiger partial charge in [-0.1, -0.05) is 0 Å². The van der Waals surface area contributed by atoms with Gasteiger partial charge in [0.15, 0.2) is 0 Å². The number of benzene rings is 1. The van der Waals surface area contributed by atoms with Crippen LogP contribution in [0.25, 0.3) is 0 Å². The highest BCUT2D eigenvalue weighted by Gasteiger charge is 2.46. The molecule has 0 radical (unpaired) electrons. The van der Waals surface area contributed by atoms with E-state index in [1.54, 1.807) is 0 Å². The van der Waals surface area contributed by atoms with Crippen LogP contribution < -0.4 is 9.47 Å². The maximum absolute atomic E-state index is 13.1. The molecule has 4 nitrogen and oxygen atoms in total. The molecule has 0 bridgehead atoms. The van der Waals surface area contributed by atoms with Crippen LogP contribution in [-0.4, -0.2) is 43.8 Å². The second-order valence-electron chi connectivity index (χ2n) is 5.12. The maximum Gasteiger partial charge on any atom is 0.408 e. The van der Waals surface area contributed by atoms with Gasteiger partial charge in [-0.15, -0.1) is 0 Å². The Morgan fingerprint density at radius 1 is 1.23 bits per heavy atom. The van der Waals surface area contributed by atoms with Crippen LogP contribution in [0, 0.1) is 0 Å². The normalized spacial score (nSPS) is 19.0. The number of piperidine rings is 1. The van der Waals surface area contributed by atoms with Gasteiger partial charge in [-0.25, -0.2) is 0 Å². The number of hydrogen-bond acceptors (Lipinski definition) is 3. The zero-order valence-electron chi connectivity index (χ0n) is 12.4. The van der Waals surface area contributed by atoms with Crippen molar-refractivity contribution in [2.24, 2.45) is 0 Å². The van der Waals surface area contributed by atoms with Crippen molar-refractivity contribution < 1.29 is 27.4 Å². The van der Waals surface area contributed by atoms with Crippen LogP contribution in [0.2, 0.25) is 0 Å². The van der Waals surface area contributed by atoms with Crippen molar-refractivity contribution in [3.8, 4) is 11.5 Å². The Hall–Kier alpha value is -1.92. The summed E-state index contributed by atoms with van der Waals surface area (Å²) in [4.78, 5) is 13.4. The topological polar surface area (TPSA) is 38.8 Å². The quantitative estimate of drug-likeness (QED) is 0.859. The Balaban J connectivity index is 2.33. The Labute approximate surface area is 126 Å². The molecule has 1 aromatic carbocycles. The molecule has 7 heteroatoms. The molecule has 0 saturated carbocycles. The number of carbonyl (C=O) groups is 1. The average Bonchev–Trinajstić information content (AvgIpc) is 2.52. The molecule has 0 aromatic heterocycles. The highest BCUT2D eigenvalue weighted by Crippen LogP contribution is 2.34. The van der Waals surface area contributed by atoms with E-state index in [0.717, 1.165) is 4.90 Å². The predicted octanol–water partition coefficient (Wildman–Crippen LogP) is 3.26. The molecule has 2 rings (SSSR count).